The lowest BCUT2D eigenvalue weighted by Gasteiger charge is -2.25. The highest BCUT2D eigenvalue weighted by molar-refractivity contribution is 6.30. The molecule has 0 saturated carbocycles. The lowest BCUT2D eigenvalue weighted by Crippen LogP contribution is -2.26. The third kappa shape index (κ3) is 3.11. The Hall–Kier alpha value is -2.25. The van der Waals surface area contributed by atoms with E-state index in [9.17, 15) is 19.6 Å². The Kier molecular flexibility index (Phi) is 4.14. The normalized spacial score (nSPS) is 20.7. The van der Waals surface area contributed by atoms with Crippen LogP contribution in [0.3, 0.4) is 0 Å². The number of nitrogens with zero attached hydrogens (tertiary/aromatic N) is 3. The van der Waals surface area contributed by atoms with Gasteiger partial charge in [-0.25, -0.2) is 9.37 Å². The largest absolute Gasteiger partial charge is 0.391 e. The Balaban J connectivity index is 2.05. The Morgan fingerprint density at radius 1 is 1.43 bits per heavy atom. The first-order chi connectivity index (χ1) is 11.0. The second-order valence-electron chi connectivity index (χ2n) is 5.37. The molecule has 0 radical (unpaired) electrons. The number of aromatic nitrogens is 1. The average molecular weight is 338 g/mol. The summed E-state index contributed by atoms with van der Waals surface area (Å²) in [5, 5.41) is 21.4. The van der Waals surface area contributed by atoms with Gasteiger partial charge in [-0.1, -0.05) is 23.7 Å². The summed E-state index contributed by atoms with van der Waals surface area (Å²) in [7, 11) is 0. The number of aliphatic hydroxyl groups excluding tert-OH is 1. The summed E-state index contributed by atoms with van der Waals surface area (Å²) < 4.78 is 13.5. The number of hydrogen-bond donors (Lipinski definition) is 1. The summed E-state index contributed by atoms with van der Waals surface area (Å²) in [6, 6.07) is 6.79. The molecule has 1 aliphatic heterocycles. The molecule has 8 heteroatoms. The molecule has 23 heavy (non-hydrogen) atoms. The summed E-state index contributed by atoms with van der Waals surface area (Å²) in [6.07, 6.45) is 0.975. The van der Waals surface area contributed by atoms with Gasteiger partial charge in [0.15, 0.2) is 0 Å². The topological polar surface area (TPSA) is 79.5 Å². The first-order valence-electron chi connectivity index (χ1n) is 6.96. The van der Waals surface area contributed by atoms with Gasteiger partial charge < -0.3 is 10.0 Å². The van der Waals surface area contributed by atoms with E-state index >= 15 is 0 Å². The molecule has 0 bridgehead atoms. The number of rotatable bonds is 3. The van der Waals surface area contributed by atoms with Gasteiger partial charge >= 0.3 is 5.69 Å². The molecule has 3 rings (SSSR count). The van der Waals surface area contributed by atoms with Crippen LogP contribution >= 0.6 is 11.6 Å². The lowest BCUT2D eigenvalue weighted by atomic mass is 10.0. The smallest absolute Gasteiger partial charge is 0.313 e. The van der Waals surface area contributed by atoms with E-state index in [2.05, 4.69) is 4.98 Å². The van der Waals surface area contributed by atoms with Crippen molar-refractivity contribution in [3.05, 3.63) is 63.0 Å². The zero-order valence-corrected chi connectivity index (χ0v) is 12.7. The Labute approximate surface area is 136 Å². The van der Waals surface area contributed by atoms with E-state index in [-0.39, 0.29) is 23.1 Å². The Bertz CT molecular complexity index is 758. The van der Waals surface area contributed by atoms with Crippen LogP contribution in [0.5, 0.6) is 0 Å². The van der Waals surface area contributed by atoms with E-state index in [1.807, 2.05) is 0 Å². The van der Waals surface area contributed by atoms with E-state index in [1.165, 1.54) is 24.4 Å². The highest BCUT2D eigenvalue weighted by atomic mass is 35.5. The molecule has 1 N–H and O–H groups in total. The molecule has 1 fully saturated rings. The maximum absolute atomic E-state index is 13.5. The SMILES string of the molecule is O=[N+]([O-])c1cc(Cl)cnc1N1C[C@H](O)C[C@@H]1c1cccc(F)c1. The predicted molar refractivity (Wildman–Crippen MR) is 83.0 cm³/mol. The van der Waals surface area contributed by atoms with Gasteiger partial charge in [0.1, 0.15) is 5.82 Å². The van der Waals surface area contributed by atoms with Crippen molar-refractivity contribution in [2.24, 2.45) is 0 Å². The minimum absolute atomic E-state index is 0.116. The van der Waals surface area contributed by atoms with Crippen molar-refractivity contribution in [3.8, 4) is 0 Å². The molecule has 6 nitrogen and oxygen atoms in total. The molecule has 2 atom stereocenters. The van der Waals surface area contributed by atoms with Crippen LogP contribution in [0.4, 0.5) is 15.9 Å². The Morgan fingerprint density at radius 3 is 2.91 bits per heavy atom. The Morgan fingerprint density at radius 2 is 2.22 bits per heavy atom. The predicted octanol–water partition coefficient (Wildman–Crippen LogP) is 3.09. The molecule has 1 aliphatic rings. The molecule has 0 unspecified atom stereocenters. The monoisotopic (exact) mass is 337 g/mol. The van der Waals surface area contributed by atoms with Crippen molar-refractivity contribution in [1.29, 1.82) is 0 Å². The second kappa shape index (κ2) is 6.10. The van der Waals surface area contributed by atoms with E-state index < -0.39 is 22.9 Å². The first-order valence-corrected chi connectivity index (χ1v) is 7.33. The van der Waals surface area contributed by atoms with Crippen LogP contribution in [0.15, 0.2) is 36.5 Å². The number of anilines is 1. The molecule has 0 amide bonds. The maximum Gasteiger partial charge on any atom is 0.313 e. The molecular weight excluding hydrogens is 325 g/mol. The summed E-state index contributed by atoms with van der Waals surface area (Å²) in [5.41, 5.74) is 0.389. The highest BCUT2D eigenvalue weighted by Gasteiger charge is 2.36. The van der Waals surface area contributed by atoms with Crippen molar-refractivity contribution in [1.82, 2.24) is 4.98 Å². The maximum atomic E-state index is 13.5. The van der Waals surface area contributed by atoms with Crippen molar-refractivity contribution in [2.75, 3.05) is 11.4 Å². The van der Waals surface area contributed by atoms with Gasteiger partial charge in [0.05, 0.1) is 22.1 Å². The third-order valence-corrected chi connectivity index (χ3v) is 4.00. The number of β-amino-alcohol motifs (C(OH)–C–C–N with tert-alkyl or cyclic N) is 1. The molecule has 1 aromatic heterocycles. The number of pyridine rings is 1. The van der Waals surface area contributed by atoms with Crippen LogP contribution in [0.25, 0.3) is 0 Å². The zero-order chi connectivity index (χ0) is 16.6. The molecule has 1 saturated heterocycles. The minimum atomic E-state index is -0.680. The van der Waals surface area contributed by atoms with E-state index in [4.69, 9.17) is 11.6 Å². The third-order valence-electron chi connectivity index (χ3n) is 3.80. The van der Waals surface area contributed by atoms with Gasteiger partial charge in [-0.05, 0) is 24.1 Å². The molecule has 0 spiro atoms. The van der Waals surface area contributed by atoms with Gasteiger partial charge in [0.25, 0.3) is 0 Å². The fourth-order valence-corrected chi connectivity index (χ4v) is 3.01. The van der Waals surface area contributed by atoms with Crippen molar-refractivity contribution in [3.63, 3.8) is 0 Å². The number of aliphatic hydroxyl groups is 1. The summed E-state index contributed by atoms with van der Waals surface area (Å²) >= 11 is 5.79. The van der Waals surface area contributed by atoms with Crippen LogP contribution in [0, 0.1) is 15.9 Å². The van der Waals surface area contributed by atoms with Gasteiger partial charge in [0, 0.05) is 18.8 Å². The van der Waals surface area contributed by atoms with Crippen LogP contribution in [-0.2, 0) is 0 Å². The fraction of sp³-hybridized carbons (Fsp3) is 0.267. The number of hydrogen-bond acceptors (Lipinski definition) is 5. The van der Waals surface area contributed by atoms with E-state index in [0.717, 1.165) is 0 Å². The van der Waals surface area contributed by atoms with Gasteiger partial charge in [-0.15, -0.1) is 0 Å². The van der Waals surface area contributed by atoms with Crippen molar-refractivity contribution in [2.45, 2.75) is 18.6 Å². The minimum Gasteiger partial charge on any atom is -0.391 e. The van der Waals surface area contributed by atoms with Crippen molar-refractivity contribution < 1.29 is 14.4 Å². The second-order valence-corrected chi connectivity index (χ2v) is 5.80. The summed E-state index contributed by atoms with van der Waals surface area (Å²) in [4.78, 5) is 16.4. The van der Waals surface area contributed by atoms with E-state index in [1.54, 1.807) is 17.0 Å². The van der Waals surface area contributed by atoms with Crippen LogP contribution in [-0.4, -0.2) is 27.7 Å². The van der Waals surface area contributed by atoms with Gasteiger partial charge in [-0.2, -0.15) is 0 Å². The molecule has 1 aromatic carbocycles. The lowest BCUT2D eigenvalue weighted by molar-refractivity contribution is -0.384. The summed E-state index contributed by atoms with van der Waals surface area (Å²) in [6.45, 7) is 0.177. The van der Waals surface area contributed by atoms with Crippen LogP contribution in [0.1, 0.15) is 18.0 Å². The van der Waals surface area contributed by atoms with E-state index in [0.29, 0.717) is 12.0 Å². The summed E-state index contributed by atoms with van der Waals surface area (Å²) in [5.74, 6) is -0.285. The first kappa shape index (κ1) is 15.6. The highest BCUT2D eigenvalue weighted by Crippen LogP contribution is 2.40. The average Bonchev–Trinajstić information content (AvgIpc) is 2.89. The number of halogens is 2. The molecule has 0 aliphatic carbocycles. The molecule has 120 valence electrons. The quantitative estimate of drug-likeness (QED) is 0.687. The fourth-order valence-electron chi connectivity index (χ4n) is 2.85. The number of benzene rings is 1. The molecule has 2 aromatic rings. The van der Waals surface area contributed by atoms with Gasteiger partial charge in [-0.3, -0.25) is 10.1 Å². The number of nitro groups is 1. The standard InChI is InChI=1S/C15H13ClFN3O3/c16-10-5-14(20(22)23)15(18-7-10)19-8-12(21)6-13(19)9-2-1-3-11(17)4-9/h1-5,7,12-13,21H,6,8H2/t12-,13-/m1/s1. The molecular formula is C15H13ClFN3O3. The zero-order valence-electron chi connectivity index (χ0n) is 11.9. The van der Waals surface area contributed by atoms with Crippen LogP contribution in [0.2, 0.25) is 5.02 Å². The van der Waals surface area contributed by atoms with Gasteiger partial charge in [0.2, 0.25) is 5.82 Å². The van der Waals surface area contributed by atoms with Crippen molar-refractivity contribution >= 4 is 23.1 Å². The molecule has 2 heterocycles. The van der Waals surface area contributed by atoms with Crippen LogP contribution < -0.4 is 4.90 Å².